The second-order valence-corrected chi connectivity index (χ2v) is 7.21. The minimum absolute atomic E-state index is 0.0983. The van der Waals surface area contributed by atoms with Crippen LogP contribution >= 0.6 is 34.7 Å². The number of aryl methyl sites for hydroxylation is 1. The smallest absolute Gasteiger partial charge is 0.115 e. The summed E-state index contributed by atoms with van der Waals surface area (Å²) in [7, 11) is 0. The number of thiophene rings is 1. The molecule has 0 aliphatic heterocycles. The first-order chi connectivity index (χ1) is 9.11. The van der Waals surface area contributed by atoms with E-state index in [0.717, 1.165) is 11.4 Å². The molecule has 0 saturated carbocycles. The van der Waals surface area contributed by atoms with Gasteiger partial charge in [-0.1, -0.05) is 30.3 Å². The first-order valence-electron chi connectivity index (χ1n) is 6.21. The number of halogens is 1. The summed E-state index contributed by atoms with van der Waals surface area (Å²) in [5.41, 5.74) is 6.27. The Morgan fingerprint density at radius 3 is 2.79 bits per heavy atom. The van der Waals surface area contributed by atoms with Crippen LogP contribution in [0.15, 0.2) is 35.5 Å². The fourth-order valence-corrected chi connectivity index (χ4v) is 4.34. The Hall–Kier alpha value is -0.550. The van der Waals surface area contributed by atoms with E-state index < -0.39 is 0 Å². The predicted molar refractivity (Wildman–Crippen MR) is 85.2 cm³/mol. The van der Waals surface area contributed by atoms with Crippen LogP contribution in [0.4, 0.5) is 0 Å². The van der Waals surface area contributed by atoms with Crippen LogP contribution in [0.5, 0.6) is 0 Å². The van der Waals surface area contributed by atoms with Crippen molar-refractivity contribution < 1.29 is 0 Å². The molecule has 0 amide bonds. The summed E-state index contributed by atoms with van der Waals surface area (Å²) in [5.74, 6) is 0. The normalized spacial score (nSPS) is 14.3. The van der Waals surface area contributed by atoms with Crippen molar-refractivity contribution in [1.82, 2.24) is 4.98 Å². The first-order valence-corrected chi connectivity index (χ1v) is 8.28. The lowest BCUT2D eigenvalue weighted by Crippen LogP contribution is -2.25. The molecule has 0 spiro atoms. The second-order valence-electron chi connectivity index (χ2n) is 4.35. The molecular weight excluding hydrogens is 296 g/mol. The maximum Gasteiger partial charge on any atom is 0.115 e. The van der Waals surface area contributed by atoms with Gasteiger partial charge in [-0.15, -0.1) is 11.3 Å². The molecule has 0 aliphatic rings. The third-order valence-corrected chi connectivity index (χ3v) is 5.92. The molecule has 2 rings (SSSR count). The summed E-state index contributed by atoms with van der Waals surface area (Å²) < 4.78 is 0. The van der Waals surface area contributed by atoms with Crippen molar-refractivity contribution in [2.75, 3.05) is 0 Å². The fraction of sp³-hybridized carbons (Fsp3) is 0.357. The third-order valence-electron chi connectivity index (χ3n) is 2.87. The summed E-state index contributed by atoms with van der Waals surface area (Å²) in [6.07, 6.45) is 2.70. The number of aromatic nitrogens is 1. The number of nitrogens with zero attached hydrogens (tertiary/aromatic N) is 1. The molecule has 0 saturated heterocycles. The predicted octanol–water partition coefficient (Wildman–Crippen LogP) is 4.68. The summed E-state index contributed by atoms with van der Waals surface area (Å²) in [6, 6.07) is 8.10. The van der Waals surface area contributed by atoms with Crippen molar-refractivity contribution in [3.63, 3.8) is 0 Å². The van der Waals surface area contributed by atoms with Crippen LogP contribution in [0.25, 0.3) is 0 Å². The van der Waals surface area contributed by atoms with Crippen LogP contribution in [0.2, 0.25) is 5.02 Å². The van der Waals surface area contributed by atoms with E-state index >= 15 is 0 Å². The van der Waals surface area contributed by atoms with Gasteiger partial charge in [0.05, 0.1) is 10.3 Å². The topological polar surface area (TPSA) is 38.9 Å². The number of nitrogens with two attached hydrogens (primary N) is 1. The molecule has 2 aromatic rings. The van der Waals surface area contributed by atoms with Gasteiger partial charge >= 0.3 is 0 Å². The van der Waals surface area contributed by atoms with E-state index in [1.54, 1.807) is 29.3 Å². The fourth-order valence-electron chi connectivity index (χ4n) is 1.76. The zero-order valence-electron chi connectivity index (χ0n) is 11.0. The van der Waals surface area contributed by atoms with E-state index in [0.29, 0.717) is 5.02 Å². The standard InChI is InChI=1S/C14H17ClN2S2/c1-3-11(16)13(12-7-6-9(2)18-12)19-14-10(15)5-4-8-17-14/h4-8,11,13H,3,16H2,1-2H3. The van der Waals surface area contributed by atoms with Crippen molar-refractivity contribution in [3.05, 3.63) is 45.2 Å². The highest BCUT2D eigenvalue weighted by atomic mass is 35.5. The summed E-state index contributed by atoms with van der Waals surface area (Å²) in [5, 5.41) is 1.74. The van der Waals surface area contributed by atoms with Crippen LogP contribution in [0.3, 0.4) is 0 Å². The van der Waals surface area contributed by atoms with E-state index in [-0.39, 0.29) is 11.3 Å². The molecule has 0 bridgehead atoms. The number of thioether (sulfide) groups is 1. The Bertz CT molecular complexity index is 542. The van der Waals surface area contributed by atoms with Gasteiger partial charge in [0.2, 0.25) is 0 Å². The monoisotopic (exact) mass is 312 g/mol. The van der Waals surface area contributed by atoms with Gasteiger partial charge in [0, 0.05) is 22.0 Å². The average Bonchev–Trinajstić information content (AvgIpc) is 2.83. The van der Waals surface area contributed by atoms with Crippen LogP contribution in [0.1, 0.15) is 28.3 Å². The second kappa shape index (κ2) is 6.75. The lowest BCUT2D eigenvalue weighted by molar-refractivity contribution is 0.639. The lowest BCUT2D eigenvalue weighted by Gasteiger charge is -2.21. The van der Waals surface area contributed by atoms with Crippen LogP contribution in [0, 0.1) is 6.92 Å². The van der Waals surface area contributed by atoms with Gasteiger partial charge in [0.15, 0.2) is 0 Å². The van der Waals surface area contributed by atoms with E-state index in [1.165, 1.54) is 9.75 Å². The molecule has 0 radical (unpaired) electrons. The summed E-state index contributed by atoms with van der Waals surface area (Å²) in [6.45, 7) is 4.22. The molecular formula is C14H17ClN2S2. The molecule has 0 aliphatic carbocycles. The molecule has 2 atom stereocenters. The molecule has 2 unspecified atom stereocenters. The number of hydrogen-bond acceptors (Lipinski definition) is 4. The van der Waals surface area contributed by atoms with E-state index in [9.17, 15) is 0 Å². The van der Waals surface area contributed by atoms with Gasteiger partial charge in [0.25, 0.3) is 0 Å². The van der Waals surface area contributed by atoms with Crippen molar-refractivity contribution >= 4 is 34.7 Å². The molecule has 0 aromatic carbocycles. The summed E-state index contributed by atoms with van der Waals surface area (Å²) >= 11 is 9.64. The van der Waals surface area contributed by atoms with Crippen LogP contribution in [-0.4, -0.2) is 11.0 Å². The van der Waals surface area contributed by atoms with E-state index in [1.807, 2.05) is 12.1 Å². The molecule has 2 heterocycles. The Morgan fingerprint density at radius 1 is 1.42 bits per heavy atom. The SMILES string of the molecule is CCC(N)C(Sc1ncccc1Cl)c1ccc(C)s1. The highest BCUT2D eigenvalue weighted by Gasteiger charge is 2.23. The highest BCUT2D eigenvalue weighted by molar-refractivity contribution is 7.99. The summed E-state index contributed by atoms with van der Waals surface area (Å²) in [4.78, 5) is 6.94. The Labute approximate surface area is 127 Å². The Morgan fingerprint density at radius 2 is 2.21 bits per heavy atom. The molecule has 2 N–H and O–H groups in total. The quantitative estimate of drug-likeness (QED) is 0.815. The average molecular weight is 313 g/mol. The largest absolute Gasteiger partial charge is 0.326 e. The Balaban J connectivity index is 2.27. The van der Waals surface area contributed by atoms with Gasteiger partial charge in [0.1, 0.15) is 5.03 Å². The molecule has 0 fully saturated rings. The van der Waals surface area contributed by atoms with Crippen LogP contribution < -0.4 is 5.73 Å². The molecule has 5 heteroatoms. The van der Waals surface area contributed by atoms with Gasteiger partial charge in [-0.3, -0.25) is 0 Å². The molecule has 19 heavy (non-hydrogen) atoms. The minimum atomic E-state index is 0.0983. The van der Waals surface area contributed by atoms with E-state index in [4.69, 9.17) is 17.3 Å². The number of pyridine rings is 1. The zero-order chi connectivity index (χ0) is 13.8. The molecule has 2 aromatic heterocycles. The van der Waals surface area contributed by atoms with Gasteiger partial charge in [-0.05, 0) is 37.6 Å². The number of rotatable bonds is 5. The van der Waals surface area contributed by atoms with Gasteiger partial charge in [-0.2, -0.15) is 0 Å². The molecule has 102 valence electrons. The lowest BCUT2D eigenvalue weighted by atomic mass is 10.1. The van der Waals surface area contributed by atoms with Gasteiger partial charge in [-0.25, -0.2) is 4.98 Å². The zero-order valence-corrected chi connectivity index (χ0v) is 13.4. The van der Waals surface area contributed by atoms with Crippen molar-refractivity contribution in [2.24, 2.45) is 5.73 Å². The van der Waals surface area contributed by atoms with Crippen molar-refractivity contribution in [3.8, 4) is 0 Å². The number of hydrogen-bond donors (Lipinski definition) is 1. The van der Waals surface area contributed by atoms with Crippen LogP contribution in [-0.2, 0) is 0 Å². The van der Waals surface area contributed by atoms with Gasteiger partial charge < -0.3 is 5.73 Å². The third kappa shape index (κ3) is 3.72. The van der Waals surface area contributed by atoms with Crippen molar-refractivity contribution in [2.45, 2.75) is 36.6 Å². The maximum atomic E-state index is 6.27. The van der Waals surface area contributed by atoms with E-state index in [2.05, 4.69) is 31.0 Å². The Kier molecular flexibility index (Phi) is 5.28. The highest BCUT2D eigenvalue weighted by Crippen LogP contribution is 2.42. The minimum Gasteiger partial charge on any atom is -0.326 e. The first kappa shape index (κ1) is 14.9. The molecule has 2 nitrogen and oxygen atoms in total. The van der Waals surface area contributed by atoms with Crippen molar-refractivity contribution in [1.29, 1.82) is 0 Å². The maximum absolute atomic E-state index is 6.27.